The van der Waals surface area contributed by atoms with E-state index in [1.165, 1.54) is 51.5 Å². The number of rotatable bonds is 4. The predicted molar refractivity (Wildman–Crippen MR) is 65.4 cm³/mol. The second-order valence-electron chi connectivity index (χ2n) is 6.11. The molecule has 0 amide bonds. The molecule has 2 heteroatoms. The Morgan fingerprint density at radius 1 is 1.19 bits per heavy atom. The van der Waals surface area contributed by atoms with Crippen LogP contribution in [0.15, 0.2) is 0 Å². The molecule has 0 radical (unpaired) electrons. The molecule has 1 N–H and O–H groups in total. The summed E-state index contributed by atoms with van der Waals surface area (Å²) in [5, 5.41) is 3.77. The van der Waals surface area contributed by atoms with Crippen molar-refractivity contribution in [3.8, 4) is 0 Å². The van der Waals surface area contributed by atoms with Crippen LogP contribution in [0.4, 0.5) is 0 Å². The smallest absolute Gasteiger partial charge is 0.0621 e. The SMILES string of the molecule is CC(NCC1CC2CCC1O2)C1CCCC1. The van der Waals surface area contributed by atoms with Crippen molar-refractivity contribution in [3.63, 3.8) is 0 Å². The highest BCUT2D eigenvalue weighted by Gasteiger charge is 2.40. The zero-order chi connectivity index (χ0) is 11.0. The predicted octanol–water partition coefficient (Wildman–Crippen LogP) is 2.72. The molecule has 16 heavy (non-hydrogen) atoms. The summed E-state index contributed by atoms with van der Waals surface area (Å²) in [7, 11) is 0. The van der Waals surface area contributed by atoms with Gasteiger partial charge in [-0.1, -0.05) is 12.8 Å². The van der Waals surface area contributed by atoms with Crippen molar-refractivity contribution in [1.82, 2.24) is 5.32 Å². The fraction of sp³-hybridized carbons (Fsp3) is 1.00. The van der Waals surface area contributed by atoms with E-state index in [0.29, 0.717) is 12.2 Å². The van der Waals surface area contributed by atoms with Gasteiger partial charge in [-0.15, -0.1) is 0 Å². The van der Waals surface area contributed by atoms with Crippen molar-refractivity contribution < 1.29 is 4.74 Å². The van der Waals surface area contributed by atoms with Crippen LogP contribution in [0.2, 0.25) is 0 Å². The number of hydrogen-bond acceptors (Lipinski definition) is 2. The van der Waals surface area contributed by atoms with Gasteiger partial charge in [0.05, 0.1) is 12.2 Å². The topological polar surface area (TPSA) is 21.3 Å². The van der Waals surface area contributed by atoms with E-state index in [-0.39, 0.29) is 0 Å². The summed E-state index contributed by atoms with van der Waals surface area (Å²) in [5.41, 5.74) is 0. The third-order valence-electron chi connectivity index (χ3n) is 5.04. The Morgan fingerprint density at radius 3 is 2.62 bits per heavy atom. The zero-order valence-electron chi connectivity index (χ0n) is 10.5. The van der Waals surface area contributed by atoms with E-state index in [1.807, 2.05) is 0 Å². The van der Waals surface area contributed by atoms with E-state index >= 15 is 0 Å². The molecule has 1 aliphatic carbocycles. The van der Waals surface area contributed by atoms with Gasteiger partial charge < -0.3 is 10.1 Å². The van der Waals surface area contributed by atoms with Crippen molar-refractivity contribution in [2.45, 2.75) is 70.1 Å². The maximum Gasteiger partial charge on any atom is 0.0621 e. The summed E-state index contributed by atoms with van der Waals surface area (Å²) in [6.45, 7) is 3.57. The standard InChI is InChI=1S/C14H25NO/c1-10(11-4-2-3-5-11)15-9-12-8-13-6-7-14(12)16-13/h10-15H,2-9H2,1H3. The van der Waals surface area contributed by atoms with Crippen LogP contribution in [-0.2, 0) is 4.74 Å². The average Bonchev–Trinajstić information content (AvgIpc) is 3.01. The average molecular weight is 223 g/mol. The Bertz CT molecular complexity index is 237. The van der Waals surface area contributed by atoms with Crippen LogP contribution in [0.1, 0.15) is 51.9 Å². The Morgan fingerprint density at radius 2 is 2.00 bits per heavy atom. The summed E-state index contributed by atoms with van der Waals surface area (Å²) in [6, 6.07) is 0.724. The maximum atomic E-state index is 5.90. The lowest BCUT2D eigenvalue weighted by molar-refractivity contribution is 0.0917. The summed E-state index contributed by atoms with van der Waals surface area (Å²) < 4.78 is 5.90. The van der Waals surface area contributed by atoms with Crippen LogP contribution in [0.5, 0.6) is 0 Å². The van der Waals surface area contributed by atoms with Crippen molar-refractivity contribution in [1.29, 1.82) is 0 Å². The van der Waals surface area contributed by atoms with E-state index in [0.717, 1.165) is 17.9 Å². The quantitative estimate of drug-likeness (QED) is 0.791. The summed E-state index contributed by atoms with van der Waals surface area (Å²) >= 11 is 0. The molecule has 0 spiro atoms. The van der Waals surface area contributed by atoms with Crippen LogP contribution >= 0.6 is 0 Å². The first-order valence-corrected chi connectivity index (χ1v) is 7.22. The zero-order valence-corrected chi connectivity index (χ0v) is 10.5. The van der Waals surface area contributed by atoms with E-state index in [4.69, 9.17) is 4.74 Å². The molecular weight excluding hydrogens is 198 g/mol. The second-order valence-corrected chi connectivity index (χ2v) is 6.11. The lowest BCUT2D eigenvalue weighted by atomic mass is 9.88. The molecule has 3 fully saturated rings. The molecule has 1 saturated carbocycles. The van der Waals surface area contributed by atoms with Crippen molar-refractivity contribution in [3.05, 3.63) is 0 Å². The van der Waals surface area contributed by atoms with Gasteiger partial charge in [0.15, 0.2) is 0 Å². The van der Waals surface area contributed by atoms with Gasteiger partial charge in [-0.2, -0.15) is 0 Å². The van der Waals surface area contributed by atoms with Gasteiger partial charge in [0, 0.05) is 18.5 Å². The number of ether oxygens (including phenoxy) is 1. The first-order valence-electron chi connectivity index (χ1n) is 7.22. The van der Waals surface area contributed by atoms with E-state index < -0.39 is 0 Å². The number of nitrogens with one attached hydrogen (secondary N) is 1. The van der Waals surface area contributed by atoms with Crippen molar-refractivity contribution in [2.24, 2.45) is 11.8 Å². The molecule has 4 atom stereocenters. The number of fused-ring (bicyclic) bond motifs is 2. The highest BCUT2D eigenvalue weighted by Crippen LogP contribution is 2.38. The molecule has 3 rings (SSSR count). The summed E-state index contributed by atoms with van der Waals surface area (Å²) in [6.07, 6.45) is 10.9. The largest absolute Gasteiger partial charge is 0.375 e. The highest BCUT2D eigenvalue weighted by molar-refractivity contribution is 4.91. The Labute approximate surface area is 99.1 Å². The molecule has 2 bridgehead atoms. The van der Waals surface area contributed by atoms with Gasteiger partial charge in [-0.25, -0.2) is 0 Å². The molecule has 2 saturated heterocycles. The Balaban J connectivity index is 1.42. The molecule has 2 aliphatic heterocycles. The van der Waals surface area contributed by atoms with Crippen molar-refractivity contribution in [2.75, 3.05) is 6.54 Å². The normalized spacial score (nSPS) is 40.7. The van der Waals surface area contributed by atoms with Crippen LogP contribution in [0.25, 0.3) is 0 Å². The maximum absolute atomic E-state index is 5.90. The monoisotopic (exact) mass is 223 g/mol. The van der Waals surface area contributed by atoms with Crippen molar-refractivity contribution >= 4 is 0 Å². The molecule has 92 valence electrons. The van der Waals surface area contributed by atoms with Crippen LogP contribution in [0.3, 0.4) is 0 Å². The third kappa shape index (κ3) is 2.14. The van der Waals surface area contributed by atoms with Gasteiger partial charge in [0.1, 0.15) is 0 Å². The summed E-state index contributed by atoms with van der Waals surface area (Å²) in [4.78, 5) is 0. The number of hydrogen-bond donors (Lipinski definition) is 1. The lowest BCUT2D eigenvalue weighted by Gasteiger charge is -2.25. The van der Waals surface area contributed by atoms with Gasteiger partial charge in [-0.3, -0.25) is 0 Å². The minimum atomic E-state index is 0.591. The van der Waals surface area contributed by atoms with E-state index in [1.54, 1.807) is 0 Å². The van der Waals surface area contributed by atoms with Crippen LogP contribution in [-0.4, -0.2) is 24.8 Å². The first kappa shape index (κ1) is 11.0. The third-order valence-corrected chi connectivity index (χ3v) is 5.04. The first-order chi connectivity index (χ1) is 7.83. The minimum Gasteiger partial charge on any atom is -0.375 e. The molecular formula is C14H25NO. The van der Waals surface area contributed by atoms with Crippen LogP contribution in [0, 0.1) is 11.8 Å². The molecule has 2 heterocycles. The Kier molecular flexibility index (Phi) is 3.21. The fourth-order valence-electron chi connectivity index (χ4n) is 3.92. The molecule has 2 nitrogen and oxygen atoms in total. The molecule has 0 aromatic rings. The van der Waals surface area contributed by atoms with Gasteiger partial charge >= 0.3 is 0 Å². The minimum absolute atomic E-state index is 0.591. The van der Waals surface area contributed by atoms with Gasteiger partial charge in [0.2, 0.25) is 0 Å². The van der Waals surface area contributed by atoms with Crippen LogP contribution < -0.4 is 5.32 Å². The molecule has 0 aromatic carbocycles. The highest BCUT2D eigenvalue weighted by atomic mass is 16.5. The second kappa shape index (κ2) is 4.66. The lowest BCUT2D eigenvalue weighted by Crippen LogP contribution is -2.38. The van der Waals surface area contributed by atoms with Gasteiger partial charge in [0.25, 0.3) is 0 Å². The van der Waals surface area contributed by atoms with E-state index in [2.05, 4.69) is 12.2 Å². The van der Waals surface area contributed by atoms with E-state index in [9.17, 15) is 0 Å². The fourth-order valence-corrected chi connectivity index (χ4v) is 3.92. The van der Waals surface area contributed by atoms with Gasteiger partial charge in [-0.05, 0) is 44.9 Å². The Hall–Kier alpha value is -0.0800. The molecule has 3 aliphatic rings. The summed E-state index contributed by atoms with van der Waals surface area (Å²) in [5.74, 6) is 1.75. The molecule has 4 unspecified atom stereocenters. The molecule has 0 aromatic heterocycles.